The van der Waals surface area contributed by atoms with Gasteiger partial charge in [-0.1, -0.05) is 72.8 Å². The van der Waals surface area contributed by atoms with Gasteiger partial charge in [0.1, 0.15) is 18.1 Å². The van der Waals surface area contributed by atoms with E-state index in [9.17, 15) is 4.79 Å². The summed E-state index contributed by atoms with van der Waals surface area (Å²) in [5.74, 6) is 1.49. The minimum Gasteiger partial charge on any atom is -0.493 e. The van der Waals surface area contributed by atoms with Gasteiger partial charge in [-0.25, -0.2) is 0 Å². The second-order valence-corrected chi connectivity index (χ2v) is 8.49. The van der Waals surface area contributed by atoms with E-state index in [1.807, 2.05) is 122 Å². The van der Waals surface area contributed by atoms with Crippen molar-refractivity contribution in [3.05, 3.63) is 131 Å². The molecule has 0 unspecified atom stereocenters. The number of rotatable bonds is 10. The van der Waals surface area contributed by atoms with Crippen LogP contribution in [0.4, 0.5) is 0 Å². The molecule has 0 atom stereocenters. The number of amides is 1. The van der Waals surface area contributed by atoms with Gasteiger partial charge in [0, 0.05) is 24.2 Å². The fraction of sp³-hybridized carbons (Fsp3) is 0.194. The van der Waals surface area contributed by atoms with Crippen molar-refractivity contribution in [1.82, 2.24) is 4.90 Å². The third-order valence-electron chi connectivity index (χ3n) is 5.71. The van der Waals surface area contributed by atoms with Crippen LogP contribution < -0.4 is 9.47 Å². The van der Waals surface area contributed by atoms with E-state index in [-0.39, 0.29) is 5.91 Å². The predicted octanol–water partition coefficient (Wildman–Crippen LogP) is 6.82. The van der Waals surface area contributed by atoms with Crippen molar-refractivity contribution in [2.75, 3.05) is 6.61 Å². The first-order chi connectivity index (χ1) is 17.1. The van der Waals surface area contributed by atoms with Gasteiger partial charge in [-0.3, -0.25) is 4.79 Å². The van der Waals surface area contributed by atoms with Crippen LogP contribution >= 0.6 is 0 Å². The summed E-state index contributed by atoms with van der Waals surface area (Å²) >= 11 is 0. The molecule has 0 N–H and O–H groups in total. The van der Waals surface area contributed by atoms with Crippen LogP contribution in [0.3, 0.4) is 0 Å². The van der Waals surface area contributed by atoms with Gasteiger partial charge in [0.25, 0.3) is 5.91 Å². The van der Waals surface area contributed by atoms with Gasteiger partial charge in [0.2, 0.25) is 0 Å². The minimum atomic E-state index is -0.0300. The van der Waals surface area contributed by atoms with Crippen LogP contribution in [0, 0.1) is 6.92 Å². The SMILES string of the molecule is CCOc1ccc(C(=O)N(Cc2ccccc2)Cc2ccccc2)cc1COc1cccc(C)c1. The van der Waals surface area contributed by atoms with Crippen LogP contribution in [0.2, 0.25) is 0 Å². The van der Waals surface area contributed by atoms with Crippen LogP contribution in [0.5, 0.6) is 11.5 Å². The zero-order valence-electron chi connectivity index (χ0n) is 20.3. The average Bonchev–Trinajstić information content (AvgIpc) is 2.89. The first kappa shape index (κ1) is 24.1. The second-order valence-electron chi connectivity index (χ2n) is 8.49. The van der Waals surface area contributed by atoms with Gasteiger partial charge in [-0.05, 0) is 60.9 Å². The third kappa shape index (κ3) is 6.73. The van der Waals surface area contributed by atoms with Crippen molar-refractivity contribution < 1.29 is 14.3 Å². The Hall–Kier alpha value is -4.05. The average molecular weight is 466 g/mol. The van der Waals surface area contributed by atoms with E-state index in [4.69, 9.17) is 9.47 Å². The smallest absolute Gasteiger partial charge is 0.254 e. The monoisotopic (exact) mass is 465 g/mol. The van der Waals surface area contributed by atoms with Crippen LogP contribution in [-0.2, 0) is 19.7 Å². The molecule has 35 heavy (non-hydrogen) atoms. The van der Waals surface area contributed by atoms with Crippen LogP contribution in [-0.4, -0.2) is 17.4 Å². The quantitative estimate of drug-likeness (QED) is 0.258. The number of carbonyl (C=O) groups is 1. The van der Waals surface area contributed by atoms with Crippen LogP contribution in [0.1, 0.15) is 39.5 Å². The fourth-order valence-corrected chi connectivity index (χ4v) is 3.98. The number of ether oxygens (including phenoxy) is 2. The molecule has 4 nitrogen and oxygen atoms in total. The molecule has 0 bridgehead atoms. The molecule has 1 amide bonds. The van der Waals surface area contributed by atoms with Gasteiger partial charge in [0.15, 0.2) is 0 Å². The Labute approximate surface area is 207 Å². The summed E-state index contributed by atoms with van der Waals surface area (Å²) < 4.78 is 11.9. The van der Waals surface area contributed by atoms with Crippen molar-refractivity contribution in [3.63, 3.8) is 0 Å². The number of hydrogen-bond donors (Lipinski definition) is 0. The summed E-state index contributed by atoms with van der Waals surface area (Å²) in [6.45, 7) is 5.89. The van der Waals surface area contributed by atoms with Crippen molar-refractivity contribution >= 4 is 5.91 Å². The summed E-state index contributed by atoms with van der Waals surface area (Å²) in [6.07, 6.45) is 0. The van der Waals surface area contributed by atoms with Crippen molar-refractivity contribution in [3.8, 4) is 11.5 Å². The molecule has 4 rings (SSSR count). The fourth-order valence-electron chi connectivity index (χ4n) is 3.98. The molecule has 0 aliphatic carbocycles. The summed E-state index contributed by atoms with van der Waals surface area (Å²) in [5.41, 5.74) is 4.77. The molecule has 0 saturated carbocycles. The Morgan fingerprint density at radius 2 is 1.40 bits per heavy atom. The zero-order valence-corrected chi connectivity index (χ0v) is 20.3. The summed E-state index contributed by atoms with van der Waals surface area (Å²) in [4.78, 5) is 15.6. The normalized spacial score (nSPS) is 10.6. The number of hydrogen-bond acceptors (Lipinski definition) is 3. The van der Waals surface area contributed by atoms with Crippen LogP contribution in [0.25, 0.3) is 0 Å². The van der Waals surface area contributed by atoms with Gasteiger partial charge in [-0.15, -0.1) is 0 Å². The van der Waals surface area contributed by atoms with Crippen molar-refractivity contribution in [2.45, 2.75) is 33.5 Å². The minimum absolute atomic E-state index is 0.0300. The molecule has 4 aromatic rings. The lowest BCUT2D eigenvalue weighted by atomic mass is 10.1. The maximum Gasteiger partial charge on any atom is 0.254 e. The van der Waals surface area contributed by atoms with Gasteiger partial charge in [0.05, 0.1) is 6.61 Å². The second kappa shape index (κ2) is 11.9. The van der Waals surface area contributed by atoms with E-state index < -0.39 is 0 Å². The topological polar surface area (TPSA) is 38.8 Å². The first-order valence-corrected chi connectivity index (χ1v) is 11.9. The third-order valence-corrected chi connectivity index (χ3v) is 5.71. The molecule has 0 heterocycles. The van der Waals surface area contributed by atoms with Gasteiger partial charge in [-0.2, -0.15) is 0 Å². The Morgan fingerprint density at radius 1 is 0.743 bits per heavy atom. The lowest BCUT2D eigenvalue weighted by molar-refractivity contribution is 0.0729. The Balaban J connectivity index is 1.60. The largest absolute Gasteiger partial charge is 0.493 e. The maximum atomic E-state index is 13.7. The molecule has 4 aromatic carbocycles. The molecule has 0 aliphatic rings. The predicted molar refractivity (Wildman–Crippen MR) is 140 cm³/mol. The number of carbonyl (C=O) groups excluding carboxylic acids is 1. The Kier molecular flexibility index (Phi) is 8.18. The Bertz CT molecular complexity index is 1200. The number of benzene rings is 4. The highest BCUT2D eigenvalue weighted by Crippen LogP contribution is 2.25. The lowest BCUT2D eigenvalue weighted by Crippen LogP contribution is -2.30. The molecule has 178 valence electrons. The van der Waals surface area contributed by atoms with E-state index in [2.05, 4.69) is 0 Å². The first-order valence-electron chi connectivity index (χ1n) is 11.9. The highest BCUT2D eigenvalue weighted by Gasteiger charge is 2.19. The standard InChI is InChI=1S/C31H31NO3/c1-3-34-30-18-17-27(20-28(30)23-35-29-16-10-11-24(2)19-29)31(33)32(21-25-12-6-4-7-13-25)22-26-14-8-5-9-15-26/h4-20H,3,21-23H2,1-2H3. The molecule has 0 aliphatic heterocycles. The molecule has 0 saturated heterocycles. The number of nitrogens with zero attached hydrogens (tertiary/aromatic N) is 1. The molecule has 4 heteroatoms. The lowest BCUT2D eigenvalue weighted by Gasteiger charge is -2.24. The molecule has 0 spiro atoms. The van der Waals surface area contributed by atoms with E-state index in [1.54, 1.807) is 0 Å². The summed E-state index contributed by atoms with van der Waals surface area (Å²) in [6, 6.07) is 33.7. The van der Waals surface area contributed by atoms with Gasteiger partial charge >= 0.3 is 0 Å². The molecule has 0 aromatic heterocycles. The van der Waals surface area contributed by atoms with Crippen molar-refractivity contribution in [2.24, 2.45) is 0 Å². The number of aryl methyl sites for hydroxylation is 1. The Morgan fingerprint density at radius 3 is 2.00 bits per heavy atom. The molecular formula is C31H31NO3. The summed E-state index contributed by atoms with van der Waals surface area (Å²) in [7, 11) is 0. The highest BCUT2D eigenvalue weighted by atomic mass is 16.5. The van der Waals surface area contributed by atoms with Crippen LogP contribution in [0.15, 0.2) is 103 Å². The van der Waals surface area contributed by atoms with E-state index in [0.29, 0.717) is 31.9 Å². The maximum absolute atomic E-state index is 13.7. The molecule has 0 fully saturated rings. The molecular weight excluding hydrogens is 434 g/mol. The molecule has 0 radical (unpaired) electrons. The van der Waals surface area contributed by atoms with E-state index >= 15 is 0 Å². The van der Waals surface area contributed by atoms with Gasteiger partial charge < -0.3 is 14.4 Å². The van der Waals surface area contributed by atoms with Crippen molar-refractivity contribution in [1.29, 1.82) is 0 Å². The summed E-state index contributed by atoms with van der Waals surface area (Å²) in [5, 5.41) is 0. The van der Waals surface area contributed by atoms with E-state index in [1.165, 1.54) is 0 Å². The van der Waals surface area contributed by atoms with E-state index in [0.717, 1.165) is 33.8 Å². The highest BCUT2D eigenvalue weighted by molar-refractivity contribution is 5.94. The zero-order chi connectivity index (χ0) is 24.5.